The Morgan fingerprint density at radius 3 is 2.36 bits per heavy atom. The second-order valence-corrected chi connectivity index (χ2v) is 5.97. The normalized spacial score (nSPS) is 12.0. The molecule has 0 aromatic heterocycles. The lowest BCUT2D eigenvalue weighted by molar-refractivity contribution is 0.468. The van der Waals surface area contributed by atoms with Gasteiger partial charge in [0.15, 0.2) is 9.84 Å². The predicted octanol–water partition coefficient (Wildman–Crippen LogP) is 1.88. The van der Waals surface area contributed by atoms with Crippen LogP contribution in [0.25, 0.3) is 0 Å². The molecule has 3 nitrogen and oxygen atoms in total. The largest absolute Gasteiger partial charge is 0.508 e. The number of aromatic hydroxyl groups is 1. The molecule has 0 aliphatic rings. The van der Waals surface area contributed by atoms with Gasteiger partial charge in [-0.05, 0) is 32.9 Å². The molecule has 0 aliphatic carbocycles. The van der Waals surface area contributed by atoms with E-state index in [1.165, 1.54) is 18.2 Å². The Morgan fingerprint density at radius 1 is 1.29 bits per heavy atom. The number of benzene rings is 1. The number of hydrogen-bond acceptors (Lipinski definition) is 3. The second kappa shape index (κ2) is 3.61. The molecule has 0 fully saturated rings. The molecular formula is C10H14O3S. The second-order valence-electron chi connectivity index (χ2n) is 3.49. The SMILES string of the molecule is Cc1c(O)cccc1S(=O)(=O)C(C)C. The lowest BCUT2D eigenvalue weighted by Crippen LogP contribution is -2.15. The first kappa shape index (κ1) is 11.0. The quantitative estimate of drug-likeness (QED) is 0.817. The van der Waals surface area contributed by atoms with E-state index >= 15 is 0 Å². The molecule has 4 heteroatoms. The van der Waals surface area contributed by atoms with Crippen molar-refractivity contribution in [1.29, 1.82) is 0 Å². The molecule has 0 spiro atoms. The summed E-state index contributed by atoms with van der Waals surface area (Å²) in [5.41, 5.74) is 0.418. The summed E-state index contributed by atoms with van der Waals surface area (Å²) in [4.78, 5) is 0.215. The molecule has 0 atom stereocenters. The van der Waals surface area contributed by atoms with Crippen LogP contribution in [0.3, 0.4) is 0 Å². The van der Waals surface area contributed by atoms with Crippen LogP contribution >= 0.6 is 0 Å². The predicted molar refractivity (Wildman–Crippen MR) is 55.2 cm³/mol. The Hall–Kier alpha value is -1.03. The zero-order valence-electron chi connectivity index (χ0n) is 8.48. The van der Waals surface area contributed by atoms with Gasteiger partial charge in [0.25, 0.3) is 0 Å². The van der Waals surface area contributed by atoms with Gasteiger partial charge in [0.05, 0.1) is 10.1 Å². The fourth-order valence-electron chi connectivity index (χ4n) is 1.17. The highest BCUT2D eigenvalue weighted by molar-refractivity contribution is 7.92. The summed E-state index contributed by atoms with van der Waals surface area (Å²) in [5, 5.41) is 8.91. The summed E-state index contributed by atoms with van der Waals surface area (Å²) in [6.45, 7) is 4.85. The van der Waals surface area contributed by atoms with E-state index in [9.17, 15) is 13.5 Å². The van der Waals surface area contributed by atoms with Gasteiger partial charge in [-0.2, -0.15) is 0 Å². The van der Waals surface area contributed by atoms with Crippen molar-refractivity contribution in [1.82, 2.24) is 0 Å². The average Bonchev–Trinajstić information content (AvgIpc) is 2.09. The first-order valence-corrected chi connectivity index (χ1v) is 5.94. The zero-order chi connectivity index (χ0) is 10.9. The summed E-state index contributed by atoms with van der Waals surface area (Å²) in [6, 6.07) is 4.54. The molecule has 1 N–H and O–H groups in total. The van der Waals surface area contributed by atoms with Crippen LogP contribution in [0.2, 0.25) is 0 Å². The summed E-state index contributed by atoms with van der Waals surface area (Å²) in [6.07, 6.45) is 0. The van der Waals surface area contributed by atoms with E-state index < -0.39 is 15.1 Å². The summed E-state index contributed by atoms with van der Waals surface area (Å²) in [7, 11) is -3.29. The molecule has 0 amide bonds. The third-order valence-corrected chi connectivity index (χ3v) is 4.48. The first-order valence-electron chi connectivity index (χ1n) is 4.40. The molecule has 1 aromatic carbocycles. The molecule has 78 valence electrons. The van der Waals surface area contributed by atoms with Gasteiger partial charge in [0.1, 0.15) is 5.75 Å². The maximum Gasteiger partial charge on any atom is 0.181 e. The summed E-state index contributed by atoms with van der Waals surface area (Å²) in [5.74, 6) is 0.0201. The molecule has 0 unspecified atom stereocenters. The van der Waals surface area contributed by atoms with E-state index in [2.05, 4.69) is 0 Å². The van der Waals surface area contributed by atoms with Crippen molar-refractivity contribution in [3.05, 3.63) is 23.8 Å². The lowest BCUT2D eigenvalue weighted by Gasteiger charge is -2.11. The van der Waals surface area contributed by atoms with E-state index in [0.717, 1.165) is 0 Å². The van der Waals surface area contributed by atoms with Gasteiger partial charge in [-0.25, -0.2) is 8.42 Å². The van der Waals surface area contributed by atoms with Gasteiger partial charge in [0, 0.05) is 5.56 Å². The third kappa shape index (κ3) is 1.75. The highest BCUT2D eigenvalue weighted by atomic mass is 32.2. The van der Waals surface area contributed by atoms with Crippen molar-refractivity contribution in [2.75, 3.05) is 0 Å². The molecule has 0 bridgehead atoms. The number of rotatable bonds is 2. The van der Waals surface area contributed by atoms with Crippen molar-refractivity contribution in [2.24, 2.45) is 0 Å². The molecule has 0 saturated carbocycles. The number of hydrogen-bond donors (Lipinski definition) is 1. The van der Waals surface area contributed by atoms with E-state index in [4.69, 9.17) is 0 Å². The van der Waals surface area contributed by atoms with E-state index in [1.54, 1.807) is 20.8 Å². The Balaban J connectivity index is 3.42. The maximum absolute atomic E-state index is 11.8. The maximum atomic E-state index is 11.8. The monoisotopic (exact) mass is 214 g/mol. The summed E-state index contributed by atoms with van der Waals surface area (Å²) >= 11 is 0. The van der Waals surface area contributed by atoms with E-state index in [0.29, 0.717) is 5.56 Å². The molecule has 0 aliphatic heterocycles. The van der Waals surface area contributed by atoms with Crippen molar-refractivity contribution in [3.8, 4) is 5.75 Å². The van der Waals surface area contributed by atoms with E-state index in [1.807, 2.05) is 0 Å². The van der Waals surface area contributed by atoms with Crippen LogP contribution in [0.1, 0.15) is 19.4 Å². The Bertz CT molecular complexity index is 433. The highest BCUT2D eigenvalue weighted by Gasteiger charge is 2.21. The van der Waals surface area contributed by atoms with Gasteiger partial charge in [0.2, 0.25) is 0 Å². The van der Waals surface area contributed by atoms with Gasteiger partial charge in [-0.15, -0.1) is 0 Å². The van der Waals surface area contributed by atoms with Crippen molar-refractivity contribution >= 4 is 9.84 Å². The van der Waals surface area contributed by atoms with Crippen LogP contribution < -0.4 is 0 Å². The smallest absolute Gasteiger partial charge is 0.181 e. The van der Waals surface area contributed by atoms with Crippen molar-refractivity contribution in [3.63, 3.8) is 0 Å². The Morgan fingerprint density at radius 2 is 1.86 bits per heavy atom. The minimum Gasteiger partial charge on any atom is -0.508 e. The van der Waals surface area contributed by atoms with Gasteiger partial charge >= 0.3 is 0 Å². The van der Waals surface area contributed by atoms with Crippen LogP contribution in [0, 0.1) is 6.92 Å². The molecule has 1 aromatic rings. The molecule has 0 radical (unpaired) electrons. The lowest BCUT2D eigenvalue weighted by atomic mass is 10.2. The summed E-state index contributed by atoms with van der Waals surface area (Å²) < 4.78 is 23.6. The first-order chi connectivity index (χ1) is 6.37. The fourth-order valence-corrected chi connectivity index (χ4v) is 2.47. The number of sulfone groups is 1. The van der Waals surface area contributed by atoms with Crippen molar-refractivity contribution in [2.45, 2.75) is 30.9 Å². The number of phenolic OH excluding ortho intramolecular Hbond substituents is 1. The molecule has 0 saturated heterocycles. The van der Waals surface area contributed by atoms with Crippen LogP contribution in [-0.4, -0.2) is 18.8 Å². The fraction of sp³-hybridized carbons (Fsp3) is 0.400. The highest BCUT2D eigenvalue weighted by Crippen LogP contribution is 2.26. The minimum atomic E-state index is -3.29. The Labute approximate surface area is 84.3 Å². The van der Waals surface area contributed by atoms with Gasteiger partial charge in [-0.3, -0.25) is 0 Å². The topological polar surface area (TPSA) is 54.4 Å². The standard InChI is InChI=1S/C10H14O3S/c1-7(2)14(12,13)10-6-4-5-9(11)8(10)3/h4-7,11H,1-3H3. The van der Waals surface area contributed by atoms with Crippen LogP contribution in [0.5, 0.6) is 5.75 Å². The van der Waals surface area contributed by atoms with E-state index in [-0.39, 0.29) is 10.6 Å². The molecular weight excluding hydrogens is 200 g/mol. The van der Waals surface area contributed by atoms with Crippen molar-refractivity contribution < 1.29 is 13.5 Å². The van der Waals surface area contributed by atoms with Crippen LogP contribution in [-0.2, 0) is 9.84 Å². The zero-order valence-corrected chi connectivity index (χ0v) is 9.30. The molecule has 1 rings (SSSR count). The molecule has 0 heterocycles. The minimum absolute atomic E-state index is 0.0201. The van der Waals surface area contributed by atoms with Crippen LogP contribution in [0.4, 0.5) is 0 Å². The Kier molecular flexibility index (Phi) is 2.85. The molecule has 14 heavy (non-hydrogen) atoms. The van der Waals surface area contributed by atoms with Gasteiger partial charge in [-0.1, -0.05) is 6.07 Å². The number of phenols is 1. The third-order valence-electron chi connectivity index (χ3n) is 2.18. The average molecular weight is 214 g/mol. The van der Waals surface area contributed by atoms with Gasteiger partial charge < -0.3 is 5.11 Å². The van der Waals surface area contributed by atoms with Crippen LogP contribution in [0.15, 0.2) is 23.1 Å².